The molecule has 1 aromatic rings. The second-order valence-electron chi connectivity index (χ2n) is 5.42. The number of carbonyl (C=O) groups is 1. The van der Waals surface area contributed by atoms with Gasteiger partial charge in [-0.2, -0.15) is 11.8 Å². The maximum absolute atomic E-state index is 12.2. The average Bonchev–Trinajstić information content (AvgIpc) is 2.90. The minimum atomic E-state index is -0.359. The Bertz CT molecular complexity index is 463. The molecule has 22 heavy (non-hydrogen) atoms. The van der Waals surface area contributed by atoms with Crippen LogP contribution in [0.1, 0.15) is 17.9 Å². The van der Waals surface area contributed by atoms with Gasteiger partial charge < -0.3 is 15.2 Å². The van der Waals surface area contributed by atoms with E-state index in [2.05, 4.69) is 10.1 Å². The molecule has 1 saturated heterocycles. The van der Waals surface area contributed by atoms with Crippen LogP contribution in [0.15, 0.2) is 10.6 Å². The Morgan fingerprint density at radius 2 is 2.14 bits per heavy atom. The van der Waals surface area contributed by atoms with Crippen LogP contribution in [0.25, 0.3) is 0 Å². The van der Waals surface area contributed by atoms with E-state index in [0.717, 1.165) is 56.4 Å². The predicted octanol–water partition coefficient (Wildman–Crippen LogP) is 1.13. The molecule has 2 rings (SSSR count). The van der Waals surface area contributed by atoms with E-state index in [1.807, 2.05) is 24.1 Å². The summed E-state index contributed by atoms with van der Waals surface area (Å²) in [6, 6.07) is 1.60. The van der Waals surface area contributed by atoms with Gasteiger partial charge in [-0.25, -0.2) is 0 Å². The molecule has 2 N–H and O–H groups in total. The van der Waals surface area contributed by atoms with Crippen LogP contribution < -0.4 is 5.73 Å². The number of rotatable bonds is 6. The Labute approximate surface area is 142 Å². The number of aromatic nitrogens is 1. The van der Waals surface area contributed by atoms with Crippen LogP contribution in [0.3, 0.4) is 0 Å². The first-order chi connectivity index (χ1) is 10.1. The molecular formula is C14H25ClN4O2S. The van der Waals surface area contributed by atoms with E-state index in [-0.39, 0.29) is 24.4 Å². The monoisotopic (exact) mass is 348 g/mol. The number of halogens is 1. The van der Waals surface area contributed by atoms with Gasteiger partial charge in [0.15, 0.2) is 0 Å². The zero-order chi connectivity index (χ0) is 15.2. The number of thioether (sulfide) groups is 1. The molecule has 8 heteroatoms. The Morgan fingerprint density at radius 1 is 1.45 bits per heavy atom. The van der Waals surface area contributed by atoms with Crippen molar-refractivity contribution in [1.82, 2.24) is 15.0 Å². The maximum atomic E-state index is 12.2. The largest absolute Gasteiger partial charge is 0.361 e. The van der Waals surface area contributed by atoms with Crippen molar-refractivity contribution in [2.75, 3.05) is 38.2 Å². The SMILES string of the molecule is CSCC[C@H](N)C(=O)N1CCN(Cc2cc(C)on2)CC1.Cl. The van der Waals surface area contributed by atoms with Gasteiger partial charge >= 0.3 is 0 Å². The summed E-state index contributed by atoms with van der Waals surface area (Å²) < 4.78 is 5.07. The van der Waals surface area contributed by atoms with Gasteiger partial charge in [-0.05, 0) is 25.4 Å². The highest BCUT2D eigenvalue weighted by atomic mass is 35.5. The van der Waals surface area contributed by atoms with Crippen molar-refractivity contribution in [2.45, 2.75) is 25.9 Å². The second-order valence-corrected chi connectivity index (χ2v) is 6.40. The fourth-order valence-electron chi connectivity index (χ4n) is 2.45. The number of carbonyl (C=O) groups excluding carboxylic acids is 1. The summed E-state index contributed by atoms with van der Waals surface area (Å²) in [5.41, 5.74) is 6.90. The van der Waals surface area contributed by atoms with Crippen LogP contribution in [-0.2, 0) is 11.3 Å². The summed E-state index contributed by atoms with van der Waals surface area (Å²) in [7, 11) is 0. The molecule has 1 atom stereocenters. The number of aryl methyl sites for hydroxylation is 1. The van der Waals surface area contributed by atoms with Crippen LogP contribution in [0.2, 0.25) is 0 Å². The molecule has 1 aromatic heterocycles. The molecule has 1 fully saturated rings. The number of hydrogen-bond donors (Lipinski definition) is 1. The van der Waals surface area contributed by atoms with Gasteiger partial charge in [0.25, 0.3) is 0 Å². The molecule has 0 spiro atoms. The molecule has 0 radical (unpaired) electrons. The topological polar surface area (TPSA) is 75.6 Å². The predicted molar refractivity (Wildman–Crippen MR) is 91.3 cm³/mol. The van der Waals surface area contributed by atoms with Crippen molar-refractivity contribution in [3.8, 4) is 0 Å². The van der Waals surface area contributed by atoms with E-state index in [9.17, 15) is 4.79 Å². The van der Waals surface area contributed by atoms with Gasteiger partial charge in [0, 0.05) is 38.8 Å². The normalized spacial score (nSPS) is 17.1. The average molecular weight is 349 g/mol. The summed E-state index contributed by atoms with van der Waals surface area (Å²) in [5.74, 6) is 1.85. The Balaban J connectivity index is 0.00000242. The first-order valence-electron chi connectivity index (χ1n) is 7.28. The van der Waals surface area contributed by atoms with E-state index in [4.69, 9.17) is 10.3 Å². The Morgan fingerprint density at radius 3 is 2.68 bits per heavy atom. The summed E-state index contributed by atoms with van der Waals surface area (Å²) >= 11 is 1.72. The fraction of sp³-hybridized carbons (Fsp3) is 0.714. The molecule has 0 unspecified atom stereocenters. The first-order valence-corrected chi connectivity index (χ1v) is 8.67. The molecule has 0 bridgehead atoms. The first kappa shape index (κ1) is 19.3. The molecule has 0 aliphatic carbocycles. The van der Waals surface area contributed by atoms with Crippen LogP contribution in [-0.4, -0.2) is 65.1 Å². The molecule has 0 saturated carbocycles. The van der Waals surface area contributed by atoms with Crippen molar-refractivity contribution < 1.29 is 9.32 Å². The number of piperazine rings is 1. The van der Waals surface area contributed by atoms with Crippen molar-refractivity contribution in [2.24, 2.45) is 5.73 Å². The van der Waals surface area contributed by atoms with Gasteiger partial charge in [-0.3, -0.25) is 9.69 Å². The number of nitrogens with zero attached hydrogens (tertiary/aromatic N) is 3. The number of amides is 1. The fourth-order valence-corrected chi connectivity index (χ4v) is 2.94. The van der Waals surface area contributed by atoms with Gasteiger partial charge in [-0.1, -0.05) is 5.16 Å². The summed E-state index contributed by atoms with van der Waals surface area (Å²) in [6.07, 6.45) is 2.78. The molecule has 1 aliphatic rings. The third-order valence-electron chi connectivity index (χ3n) is 3.70. The van der Waals surface area contributed by atoms with E-state index in [1.54, 1.807) is 11.8 Å². The van der Waals surface area contributed by atoms with E-state index in [0.29, 0.717) is 0 Å². The maximum Gasteiger partial charge on any atom is 0.239 e. The number of hydrogen-bond acceptors (Lipinski definition) is 6. The van der Waals surface area contributed by atoms with Gasteiger partial charge in [0.1, 0.15) is 5.76 Å². The third-order valence-corrected chi connectivity index (χ3v) is 4.34. The highest BCUT2D eigenvalue weighted by molar-refractivity contribution is 7.98. The molecule has 6 nitrogen and oxygen atoms in total. The van der Waals surface area contributed by atoms with Gasteiger partial charge in [-0.15, -0.1) is 12.4 Å². The minimum absolute atomic E-state index is 0. The number of nitrogens with two attached hydrogens (primary N) is 1. The summed E-state index contributed by atoms with van der Waals surface area (Å²) in [5, 5.41) is 4.01. The highest BCUT2D eigenvalue weighted by Gasteiger charge is 2.25. The quantitative estimate of drug-likeness (QED) is 0.830. The lowest BCUT2D eigenvalue weighted by Gasteiger charge is -2.35. The lowest BCUT2D eigenvalue weighted by molar-refractivity contribution is -0.134. The Hall–Kier alpha value is -0.760. The van der Waals surface area contributed by atoms with Crippen LogP contribution in [0.4, 0.5) is 0 Å². The second kappa shape index (κ2) is 9.39. The van der Waals surface area contributed by atoms with Crippen LogP contribution in [0, 0.1) is 6.92 Å². The van der Waals surface area contributed by atoms with Crippen molar-refractivity contribution in [1.29, 1.82) is 0 Å². The zero-order valence-corrected chi connectivity index (χ0v) is 14.8. The Kier molecular flexibility index (Phi) is 8.24. The molecular weight excluding hydrogens is 324 g/mol. The smallest absolute Gasteiger partial charge is 0.239 e. The lowest BCUT2D eigenvalue weighted by atomic mass is 10.2. The molecule has 1 amide bonds. The standard InChI is InChI=1S/C14H24N4O2S.ClH/c1-11-9-12(16-20-11)10-17-4-6-18(7-5-17)14(19)13(15)3-8-21-2;/h9,13H,3-8,10,15H2,1-2H3;1H/t13-;/m0./s1. The van der Waals surface area contributed by atoms with Crippen LogP contribution in [0.5, 0.6) is 0 Å². The van der Waals surface area contributed by atoms with E-state index in [1.165, 1.54) is 0 Å². The van der Waals surface area contributed by atoms with E-state index < -0.39 is 0 Å². The molecule has 0 aromatic carbocycles. The van der Waals surface area contributed by atoms with E-state index >= 15 is 0 Å². The summed E-state index contributed by atoms with van der Waals surface area (Å²) in [4.78, 5) is 16.4. The zero-order valence-electron chi connectivity index (χ0n) is 13.2. The summed E-state index contributed by atoms with van der Waals surface area (Å²) in [6.45, 7) is 5.85. The third kappa shape index (κ3) is 5.46. The minimum Gasteiger partial charge on any atom is -0.361 e. The molecule has 126 valence electrons. The van der Waals surface area contributed by atoms with Gasteiger partial charge in [0.05, 0.1) is 11.7 Å². The lowest BCUT2D eigenvalue weighted by Crippen LogP contribution is -2.53. The highest BCUT2D eigenvalue weighted by Crippen LogP contribution is 2.10. The van der Waals surface area contributed by atoms with Crippen molar-refractivity contribution in [3.63, 3.8) is 0 Å². The molecule has 2 heterocycles. The molecule has 1 aliphatic heterocycles. The van der Waals surface area contributed by atoms with Crippen molar-refractivity contribution in [3.05, 3.63) is 17.5 Å². The van der Waals surface area contributed by atoms with Crippen LogP contribution >= 0.6 is 24.2 Å². The van der Waals surface area contributed by atoms with Gasteiger partial charge in [0.2, 0.25) is 5.91 Å². The van der Waals surface area contributed by atoms with Crippen molar-refractivity contribution >= 4 is 30.1 Å².